The first-order valence-corrected chi connectivity index (χ1v) is 8.97. The van der Waals surface area contributed by atoms with E-state index in [1.54, 1.807) is 12.1 Å². The third-order valence-electron chi connectivity index (χ3n) is 5.01. The summed E-state index contributed by atoms with van der Waals surface area (Å²) in [5.41, 5.74) is 1.16. The predicted octanol–water partition coefficient (Wildman–Crippen LogP) is 3.28. The van der Waals surface area contributed by atoms with Crippen LogP contribution in [0.5, 0.6) is 11.5 Å². The molecular formula is C21H21F2NO5. The average Bonchev–Trinajstić information content (AvgIpc) is 2.73. The van der Waals surface area contributed by atoms with E-state index < -0.39 is 29.6 Å². The molecule has 0 aliphatic carbocycles. The van der Waals surface area contributed by atoms with E-state index in [0.29, 0.717) is 23.5 Å². The molecule has 0 bridgehead atoms. The topological polar surface area (TPSA) is 65.1 Å². The summed E-state index contributed by atoms with van der Waals surface area (Å²) >= 11 is 0. The molecule has 1 aliphatic heterocycles. The molecule has 29 heavy (non-hydrogen) atoms. The van der Waals surface area contributed by atoms with Gasteiger partial charge in [0.05, 0.1) is 39.4 Å². The van der Waals surface area contributed by atoms with Crippen LogP contribution in [0.15, 0.2) is 30.3 Å². The third kappa shape index (κ3) is 4.01. The molecule has 0 radical (unpaired) electrons. The molecule has 0 saturated heterocycles. The number of methoxy groups -OCH3 is 3. The van der Waals surface area contributed by atoms with Crippen molar-refractivity contribution >= 4 is 11.9 Å². The molecule has 0 aromatic heterocycles. The highest BCUT2D eigenvalue weighted by Gasteiger charge is 2.35. The van der Waals surface area contributed by atoms with Crippen LogP contribution in [0.4, 0.5) is 8.78 Å². The summed E-state index contributed by atoms with van der Waals surface area (Å²) in [7, 11) is 4.24. The molecule has 1 atom stereocenters. The normalized spacial score (nSPS) is 15.5. The Morgan fingerprint density at radius 3 is 2.41 bits per heavy atom. The van der Waals surface area contributed by atoms with E-state index in [2.05, 4.69) is 0 Å². The minimum absolute atomic E-state index is 0.137. The van der Waals surface area contributed by atoms with Gasteiger partial charge in [-0.05, 0) is 47.9 Å². The second kappa shape index (κ2) is 8.46. The van der Waals surface area contributed by atoms with Crippen molar-refractivity contribution in [3.05, 3.63) is 58.7 Å². The SMILES string of the molecule is COC(=O)CC1c2cc(OC)c(OC)cc2CCN1C(=O)c1cc(F)ccc1F. The second-order valence-electron chi connectivity index (χ2n) is 6.57. The van der Waals surface area contributed by atoms with Gasteiger partial charge >= 0.3 is 5.97 Å². The molecule has 154 valence electrons. The van der Waals surface area contributed by atoms with E-state index in [-0.39, 0.29) is 18.5 Å². The monoisotopic (exact) mass is 405 g/mol. The molecule has 0 spiro atoms. The van der Waals surface area contributed by atoms with Crippen LogP contribution in [0.1, 0.15) is 33.9 Å². The average molecular weight is 405 g/mol. The van der Waals surface area contributed by atoms with Gasteiger partial charge in [0, 0.05) is 6.54 Å². The highest BCUT2D eigenvalue weighted by molar-refractivity contribution is 5.95. The zero-order valence-electron chi connectivity index (χ0n) is 16.3. The third-order valence-corrected chi connectivity index (χ3v) is 5.01. The maximum absolute atomic E-state index is 14.2. The molecular weight excluding hydrogens is 384 g/mol. The fourth-order valence-electron chi connectivity index (χ4n) is 3.55. The zero-order valence-corrected chi connectivity index (χ0v) is 16.3. The Labute approximate surface area is 167 Å². The molecule has 8 heteroatoms. The largest absolute Gasteiger partial charge is 0.493 e. The summed E-state index contributed by atoms with van der Waals surface area (Å²) in [6.07, 6.45) is 0.317. The number of nitrogens with zero attached hydrogens (tertiary/aromatic N) is 1. The van der Waals surface area contributed by atoms with Crippen molar-refractivity contribution in [1.29, 1.82) is 0 Å². The van der Waals surface area contributed by atoms with Crippen LogP contribution in [0.2, 0.25) is 0 Å². The number of fused-ring (bicyclic) bond motifs is 1. The summed E-state index contributed by atoms with van der Waals surface area (Å²) in [4.78, 5) is 26.5. The van der Waals surface area contributed by atoms with Gasteiger partial charge in [-0.2, -0.15) is 0 Å². The molecule has 0 N–H and O–H groups in total. The van der Waals surface area contributed by atoms with Crippen LogP contribution < -0.4 is 9.47 Å². The number of benzene rings is 2. The fourth-order valence-corrected chi connectivity index (χ4v) is 3.55. The van der Waals surface area contributed by atoms with Gasteiger partial charge in [-0.15, -0.1) is 0 Å². The van der Waals surface area contributed by atoms with Crippen LogP contribution in [0.25, 0.3) is 0 Å². The van der Waals surface area contributed by atoms with E-state index in [0.717, 1.165) is 23.8 Å². The Balaban J connectivity index is 2.07. The molecule has 3 rings (SSSR count). The number of carbonyl (C=O) groups excluding carboxylic acids is 2. The number of carbonyl (C=O) groups is 2. The van der Waals surface area contributed by atoms with Gasteiger partial charge in [-0.3, -0.25) is 9.59 Å². The molecule has 2 aromatic carbocycles. The number of amides is 1. The maximum Gasteiger partial charge on any atom is 0.307 e. The number of hydrogen-bond acceptors (Lipinski definition) is 5. The maximum atomic E-state index is 14.2. The Morgan fingerprint density at radius 1 is 1.07 bits per heavy atom. The smallest absolute Gasteiger partial charge is 0.307 e. The van der Waals surface area contributed by atoms with E-state index >= 15 is 0 Å². The number of halogens is 2. The molecule has 1 aliphatic rings. The van der Waals surface area contributed by atoms with Crippen LogP contribution in [0.3, 0.4) is 0 Å². The van der Waals surface area contributed by atoms with Gasteiger partial charge < -0.3 is 19.1 Å². The van der Waals surface area contributed by atoms with Crippen LogP contribution in [-0.4, -0.2) is 44.7 Å². The Kier molecular flexibility index (Phi) is 6.00. The molecule has 1 amide bonds. The van der Waals surface area contributed by atoms with Gasteiger partial charge in [0.1, 0.15) is 11.6 Å². The van der Waals surface area contributed by atoms with Crippen molar-refractivity contribution in [2.24, 2.45) is 0 Å². The minimum atomic E-state index is -0.827. The van der Waals surface area contributed by atoms with E-state index in [4.69, 9.17) is 14.2 Å². The highest BCUT2D eigenvalue weighted by atomic mass is 19.1. The lowest BCUT2D eigenvalue weighted by atomic mass is 9.89. The highest BCUT2D eigenvalue weighted by Crippen LogP contribution is 2.40. The number of hydrogen-bond donors (Lipinski definition) is 0. The van der Waals surface area contributed by atoms with E-state index in [9.17, 15) is 18.4 Å². The van der Waals surface area contributed by atoms with Crippen molar-refractivity contribution in [3.8, 4) is 11.5 Å². The van der Waals surface area contributed by atoms with Crippen LogP contribution in [-0.2, 0) is 16.0 Å². The van der Waals surface area contributed by atoms with Crippen molar-refractivity contribution in [2.45, 2.75) is 18.9 Å². The first-order chi connectivity index (χ1) is 13.9. The molecule has 0 saturated carbocycles. The van der Waals surface area contributed by atoms with Gasteiger partial charge in [0.15, 0.2) is 11.5 Å². The molecule has 2 aromatic rings. The van der Waals surface area contributed by atoms with Gasteiger partial charge in [-0.25, -0.2) is 8.78 Å². The molecule has 0 fully saturated rings. The standard InChI is InChI=1S/C21H21F2NO5/c1-27-18-8-12-6-7-24(21(26)15-9-13(22)4-5-16(15)23)17(11-20(25)29-3)14(12)10-19(18)28-2/h4-5,8-10,17H,6-7,11H2,1-3H3. The predicted molar refractivity (Wildman–Crippen MR) is 100 cm³/mol. The quantitative estimate of drug-likeness (QED) is 0.715. The van der Waals surface area contributed by atoms with Crippen LogP contribution >= 0.6 is 0 Å². The second-order valence-corrected chi connectivity index (χ2v) is 6.57. The number of esters is 1. The Morgan fingerprint density at radius 2 is 1.76 bits per heavy atom. The summed E-state index contributed by atoms with van der Waals surface area (Å²) in [5.74, 6) is -1.81. The lowest BCUT2D eigenvalue weighted by Gasteiger charge is -2.37. The summed E-state index contributed by atoms with van der Waals surface area (Å²) in [5, 5.41) is 0. The van der Waals surface area contributed by atoms with Gasteiger partial charge in [0.25, 0.3) is 5.91 Å². The Hall–Kier alpha value is -3.16. The fraction of sp³-hybridized carbons (Fsp3) is 0.333. The Bertz CT molecular complexity index is 947. The lowest BCUT2D eigenvalue weighted by molar-refractivity contribution is -0.141. The zero-order chi connectivity index (χ0) is 21.1. The van der Waals surface area contributed by atoms with E-state index in [1.165, 1.54) is 26.2 Å². The number of rotatable bonds is 5. The van der Waals surface area contributed by atoms with Crippen molar-refractivity contribution in [2.75, 3.05) is 27.9 Å². The molecule has 6 nitrogen and oxygen atoms in total. The van der Waals surface area contributed by atoms with Crippen molar-refractivity contribution in [3.63, 3.8) is 0 Å². The summed E-state index contributed by atoms with van der Waals surface area (Å²) in [6, 6.07) is 5.48. The molecule has 1 unspecified atom stereocenters. The summed E-state index contributed by atoms with van der Waals surface area (Å²) in [6.45, 7) is 0.221. The first kappa shape index (κ1) is 20.6. The van der Waals surface area contributed by atoms with Gasteiger partial charge in [0.2, 0.25) is 0 Å². The van der Waals surface area contributed by atoms with Crippen LogP contribution in [0, 0.1) is 11.6 Å². The lowest BCUT2D eigenvalue weighted by Crippen LogP contribution is -2.41. The van der Waals surface area contributed by atoms with E-state index in [1.807, 2.05) is 0 Å². The van der Waals surface area contributed by atoms with Crippen molar-refractivity contribution < 1.29 is 32.6 Å². The number of ether oxygens (including phenoxy) is 3. The molecule has 1 heterocycles. The van der Waals surface area contributed by atoms with Crippen molar-refractivity contribution in [1.82, 2.24) is 4.90 Å². The summed E-state index contributed by atoms with van der Waals surface area (Å²) < 4.78 is 43.3. The van der Waals surface area contributed by atoms with Gasteiger partial charge in [-0.1, -0.05) is 0 Å². The first-order valence-electron chi connectivity index (χ1n) is 8.97. The minimum Gasteiger partial charge on any atom is -0.493 e.